The van der Waals surface area contributed by atoms with Gasteiger partial charge in [0.2, 0.25) is 11.6 Å². The molecule has 7 nitrogen and oxygen atoms in total. The van der Waals surface area contributed by atoms with Crippen molar-refractivity contribution in [3.63, 3.8) is 0 Å². The Balaban J connectivity index is 1.45. The summed E-state index contributed by atoms with van der Waals surface area (Å²) >= 11 is 1.34. The van der Waals surface area contributed by atoms with Crippen LogP contribution in [-0.2, 0) is 9.59 Å². The van der Waals surface area contributed by atoms with Crippen LogP contribution in [0.2, 0.25) is 0 Å². The molecule has 0 spiro atoms. The van der Waals surface area contributed by atoms with Crippen LogP contribution in [0.5, 0.6) is 5.75 Å². The van der Waals surface area contributed by atoms with Gasteiger partial charge in [-0.1, -0.05) is 61.1 Å². The molecule has 0 bridgehead atoms. The highest BCUT2D eigenvalue weighted by atomic mass is 32.1. The maximum Gasteiger partial charge on any atom is 0.297 e. The Bertz CT molecular complexity index is 1730. The maximum absolute atomic E-state index is 13.9. The molecule has 1 amide bonds. The number of benzene rings is 3. The number of rotatable bonds is 8. The van der Waals surface area contributed by atoms with Gasteiger partial charge in [-0.25, -0.2) is 4.98 Å². The topological polar surface area (TPSA) is 89.7 Å². The van der Waals surface area contributed by atoms with Crippen molar-refractivity contribution in [3.05, 3.63) is 89.2 Å². The molecule has 40 heavy (non-hydrogen) atoms. The number of furan rings is 1. The summed E-state index contributed by atoms with van der Waals surface area (Å²) in [6.45, 7) is 6.67. The first kappa shape index (κ1) is 26.0. The summed E-state index contributed by atoms with van der Waals surface area (Å²) in [6, 6.07) is 19.3. The van der Waals surface area contributed by atoms with E-state index in [9.17, 15) is 14.4 Å². The molecule has 2 atom stereocenters. The molecular formula is C32H28N2O5S. The second-order valence-electron chi connectivity index (χ2n) is 10.2. The van der Waals surface area contributed by atoms with Crippen LogP contribution in [0.25, 0.3) is 21.2 Å². The van der Waals surface area contributed by atoms with Gasteiger partial charge in [-0.05, 0) is 67.3 Å². The predicted octanol–water partition coefficient (Wildman–Crippen LogP) is 6.99. The fraction of sp³-hybridized carbons (Fsp3) is 0.250. The number of amides is 1. The molecule has 0 N–H and O–H groups in total. The van der Waals surface area contributed by atoms with Crippen molar-refractivity contribution in [1.82, 2.24) is 4.98 Å². The van der Waals surface area contributed by atoms with Crippen LogP contribution in [0.1, 0.15) is 53.1 Å². The van der Waals surface area contributed by atoms with Crippen LogP contribution in [0, 0.1) is 19.8 Å². The Morgan fingerprint density at radius 3 is 2.58 bits per heavy atom. The van der Waals surface area contributed by atoms with E-state index in [1.807, 2.05) is 68.4 Å². The quantitative estimate of drug-likeness (QED) is 0.0892. The highest BCUT2D eigenvalue weighted by molar-refractivity contribution is 7.22. The standard InChI is InChI=1S/C32H28N2O5S/c1-4-5-14-38-22-12-10-20(11-13-22)28-26(29(35)24-17-21-8-6-7-9-23(21)39-24)30(36)31(37)34(28)32-33-27-19(3)15-18(2)16-25(27)40-32/h6-13,15-17,26,28H,4-5,14H2,1-3H3. The zero-order chi connectivity index (χ0) is 28.0. The van der Waals surface area contributed by atoms with Crippen LogP contribution in [-0.4, -0.2) is 29.1 Å². The fourth-order valence-corrected chi connectivity index (χ4v) is 6.47. The van der Waals surface area contributed by atoms with E-state index in [2.05, 4.69) is 6.92 Å². The number of unbranched alkanes of at least 4 members (excludes halogenated alkanes) is 1. The lowest BCUT2D eigenvalue weighted by atomic mass is 9.88. The number of thiazole rings is 1. The largest absolute Gasteiger partial charge is 0.494 e. The smallest absolute Gasteiger partial charge is 0.297 e. The number of aryl methyl sites for hydroxylation is 2. The lowest BCUT2D eigenvalue weighted by Gasteiger charge is -2.25. The number of carbonyl (C=O) groups is 3. The van der Waals surface area contributed by atoms with E-state index >= 15 is 0 Å². The molecule has 2 aromatic heterocycles. The molecule has 202 valence electrons. The van der Waals surface area contributed by atoms with Gasteiger partial charge in [0, 0.05) is 5.39 Å². The van der Waals surface area contributed by atoms with Gasteiger partial charge in [-0.2, -0.15) is 0 Å². The van der Waals surface area contributed by atoms with Crippen molar-refractivity contribution in [2.75, 3.05) is 11.5 Å². The maximum atomic E-state index is 13.9. The van der Waals surface area contributed by atoms with Crippen molar-refractivity contribution in [2.45, 2.75) is 39.7 Å². The van der Waals surface area contributed by atoms with Crippen molar-refractivity contribution in [1.29, 1.82) is 0 Å². The van der Waals surface area contributed by atoms with E-state index in [1.54, 1.807) is 12.1 Å². The monoisotopic (exact) mass is 552 g/mol. The average molecular weight is 553 g/mol. The van der Waals surface area contributed by atoms with E-state index in [4.69, 9.17) is 14.1 Å². The molecule has 0 radical (unpaired) electrons. The van der Waals surface area contributed by atoms with Crippen molar-refractivity contribution >= 4 is 55.1 Å². The van der Waals surface area contributed by atoms with Crippen LogP contribution in [0.3, 0.4) is 0 Å². The molecular weight excluding hydrogens is 524 g/mol. The van der Waals surface area contributed by atoms with Gasteiger partial charge in [0.15, 0.2) is 10.9 Å². The number of aromatic nitrogens is 1. The molecule has 3 aromatic carbocycles. The predicted molar refractivity (Wildman–Crippen MR) is 155 cm³/mol. The molecule has 0 saturated carbocycles. The van der Waals surface area contributed by atoms with Crippen LogP contribution >= 0.6 is 11.3 Å². The summed E-state index contributed by atoms with van der Waals surface area (Å²) in [7, 11) is 0. The summed E-state index contributed by atoms with van der Waals surface area (Å²) in [5, 5.41) is 1.14. The third kappa shape index (κ3) is 4.48. The van der Waals surface area contributed by atoms with Crippen LogP contribution in [0.15, 0.2) is 71.1 Å². The Morgan fingerprint density at radius 2 is 1.82 bits per heavy atom. The lowest BCUT2D eigenvalue weighted by molar-refractivity contribution is -0.135. The molecule has 5 aromatic rings. The SMILES string of the molecule is CCCCOc1ccc(C2C(C(=O)c3cc4ccccc4o3)C(=O)C(=O)N2c2nc3c(C)cc(C)cc3s2)cc1. The Hall–Kier alpha value is -4.30. The normalized spacial score (nSPS) is 17.3. The molecule has 8 heteroatoms. The van der Waals surface area contributed by atoms with Gasteiger partial charge in [-0.15, -0.1) is 0 Å². The zero-order valence-electron chi connectivity index (χ0n) is 22.5. The second-order valence-corrected chi connectivity index (χ2v) is 11.2. The molecule has 3 heterocycles. The lowest BCUT2D eigenvalue weighted by Crippen LogP contribution is -2.30. The molecule has 1 aliphatic heterocycles. The minimum Gasteiger partial charge on any atom is -0.494 e. The fourth-order valence-electron chi connectivity index (χ4n) is 5.29. The summed E-state index contributed by atoms with van der Waals surface area (Å²) in [4.78, 5) is 47.3. The molecule has 0 aliphatic carbocycles. The second kappa shape index (κ2) is 10.4. The molecule has 1 aliphatic rings. The van der Waals surface area contributed by atoms with Crippen molar-refractivity contribution in [3.8, 4) is 5.75 Å². The zero-order valence-corrected chi connectivity index (χ0v) is 23.3. The van der Waals surface area contributed by atoms with Crippen LogP contribution < -0.4 is 9.64 Å². The molecule has 2 unspecified atom stereocenters. The summed E-state index contributed by atoms with van der Waals surface area (Å²) < 4.78 is 12.6. The van der Waals surface area contributed by atoms with Gasteiger partial charge in [-0.3, -0.25) is 19.3 Å². The highest BCUT2D eigenvalue weighted by Crippen LogP contribution is 2.44. The first-order valence-corrected chi connectivity index (χ1v) is 14.2. The number of hydrogen-bond donors (Lipinski definition) is 0. The number of ketones is 2. The van der Waals surface area contributed by atoms with Gasteiger partial charge < -0.3 is 9.15 Å². The average Bonchev–Trinajstić information content (AvgIpc) is 3.63. The number of nitrogens with zero attached hydrogens (tertiary/aromatic N) is 2. The minimum atomic E-state index is -1.28. The number of para-hydroxylation sites is 1. The van der Waals surface area contributed by atoms with Gasteiger partial charge in [0.25, 0.3) is 5.91 Å². The third-order valence-corrected chi connectivity index (χ3v) is 8.27. The van der Waals surface area contributed by atoms with Gasteiger partial charge in [0.05, 0.1) is 22.9 Å². The number of carbonyl (C=O) groups excluding carboxylic acids is 3. The number of ether oxygens (including phenoxy) is 1. The molecule has 1 saturated heterocycles. The van der Waals surface area contributed by atoms with Gasteiger partial charge >= 0.3 is 0 Å². The number of Topliss-reactive ketones (excluding diaryl/α,β-unsaturated/α-hetero) is 2. The number of anilines is 1. The van der Waals surface area contributed by atoms with Crippen molar-refractivity contribution in [2.24, 2.45) is 5.92 Å². The minimum absolute atomic E-state index is 0.0505. The van der Waals surface area contributed by atoms with E-state index < -0.39 is 29.4 Å². The van der Waals surface area contributed by atoms with Crippen LogP contribution in [0.4, 0.5) is 5.13 Å². The summed E-state index contributed by atoms with van der Waals surface area (Å²) in [5.74, 6) is -2.60. The summed E-state index contributed by atoms with van der Waals surface area (Å²) in [6.07, 6.45) is 1.96. The molecule has 6 rings (SSSR count). The van der Waals surface area contributed by atoms with E-state index in [1.165, 1.54) is 16.2 Å². The Labute approximate surface area is 235 Å². The number of fused-ring (bicyclic) bond motifs is 2. The third-order valence-electron chi connectivity index (χ3n) is 7.27. The van der Waals surface area contributed by atoms with E-state index in [0.29, 0.717) is 28.6 Å². The van der Waals surface area contributed by atoms with Gasteiger partial charge in [0.1, 0.15) is 17.3 Å². The van der Waals surface area contributed by atoms with E-state index in [-0.39, 0.29) is 5.76 Å². The first-order valence-electron chi connectivity index (χ1n) is 13.4. The summed E-state index contributed by atoms with van der Waals surface area (Å²) in [5.41, 5.74) is 4.02. The van der Waals surface area contributed by atoms with Crippen molar-refractivity contribution < 1.29 is 23.5 Å². The number of hydrogen-bond acceptors (Lipinski definition) is 7. The first-order chi connectivity index (χ1) is 19.4. The Morgan fingerprint density at radius 1 is 1.05 bits per heavy atom. The molecule has 1 fully saturated rings. The Kier molecular flexibility index (Phi) is 6.72. The highest BCUT2D eigenvalue weighted by Gasteiger charge is 2.54. The van der Waals surface area contributed by atoms with E-state index in [0.717, 1.165) is 39.6 Å².